The summed E-state index contributed by atoms with van der Waals surface area (Å²) >= 11 is 0. The van der Waals surface area contributed by atoms with Gasteiger partial charge in [-0.25, -0.2) is 4.79 Å². The molecule has 2 amide bonds. The molecule has 1 aliphatic carbocycles. The Bertz CT molecular complexity index is 530. The molecule has 1 saturated carbocycles. The van der Waals surface area contributed by atoms with E-state index in [1.165, 1.54) is 0 Å². The van der Waals surface area contributed by atoms with Crippen molar-refractivity contribution in [3.8, 4) is 0 Å². The summed E-state index contributed by atoms with van der Waals surface area (Å²) in [6.07, 6.45) is 4.39. The van der Waals surface area contributed by atoms with Gasteiger partial charge in [0.2, 0.25) is 5.91 Å². The molecule has 0 aromatic carbocycles. The first-order valence-electron chi connectivity index (χ1n) is 10.4. The Morgan fingerprint density at radius 3 is 2.46 bits per heavy atom. The van der Waals surface area contributed by atoms with Crippen molar-refractivity contribution in [2.75, 3.05) is 32.7 Å². The molecule has 3 unspecified atom stereocenters. The number of rotatable bonds is 5. The van der Waals surface area contributed by atoms with Crippen molar-refractivity contribution in [1.29, 1.82) is 0 Å². The quantitative estimate of drug-likeness (QED) is 0.786. The molecule has 6 nitrogen and oxygen atoms in total. The van der Waals surface area contributed by atoms with E-state index in [0.717, 1.165) is 51.7 Å². The highest BCUT2D eigenvalue weighted by Gasteiger charge is 2.57. The van der Waals surface area contributed by atoms with Crippen molar-refractivity contribution < 1.29 is 14.7 Å². The molecule has 0 radical (unpaired) electrons. The van der Waals surface area contributed by atoms with Gasteiger partial charge in [0.25, 0.3) is 0 Å². The Labute approximate surface area is 157 Å². The summed E-state index contributed by atoms with van der Waals surface area (Å²) in [5.41, 5.74) is 0.212. The fourth-order valence-electron chi connectivity index (χ4n) is 5.52. The molecule has 3 atom stereocenters. The van der Waals surface area contributed by atoms with Gasteiger partial charge in [-0.3, -0.25) is 4.79 Å². The van der Waals surface area contributed by atoms with E-state index in [0.29, 0.717) is 31.0 Å². The Hall–Kier alpha value is -1.30. The third-order valence-electron chi connectivity index (χ3n) is 7.02. The van der Waals surface area contributed by atoms with Gasteiger partial charge < -0.3 is 20.2 Å². The molecule has 3 aliphatic rings. The fraction of sp³-hybridized carbons (Fsp3) is 0.900. The summed E-state index contributed by atoms with van der Waals surface area (Å²) in [6, 6.07) is 0.577. The highest BCUT2D eigenvalue weighted by atomic mass is 16.4. The van der Waals surface area contributed by atoms with Crippen molar-refractivity contribution in [2.45, 2.75) is 58.9 Å². The molecule has 2 aliphatic heterocycles. The van der Waals surface area contributed by atoms with Crippen LogP contribution in [0.25, 0.3) is 0 Å². The summed E-state index contributed by atoms with van der Waals surface area (Å²) in [7, 11) is 0. The van der Waals surface area contributed by atoms with Gasteiger partial charge in [0, 0.05) is 31.6 Å². The van der Waals surface area contributed by atoms with E-state index in [1.54, 1.807) is 4.90 Å². The molecular weight excluding hydrogens is 330 g/mol. The molecule has 1 spiro atoms. The Balaban J connectivity index is 1.50. The number of hydrogen-bond acceptors (Lipinski definition) is 3. The predicted octanol–water partition coefficient (Wildman–Crippen LogP) is 2.64. The summed E-state index contributed by atoms with van der Waals surface area (Å²) in [5.74, 6) is 1.47. The van der Waals surface area contributed by atoms with Crippen LogP contribution in [0.4, 0.5) is 4.79 Å². The van der Waals surface area contributed by atoms with Crippen LogP contribution in [0.2, 0.25) is 0 Å². The first-order valence-corrected chi connectivity index (χ1v) is 10.4. The van der Waals surface area contributed by atoms with E-state index in [-0.39, 0.29) is 17.2 Å². The zero-order valence-electron chi connectivity index (χ0n) is 16.5. The van der Waals surface area contributed by atoms with Crippen LogP contribution in [0.5, 0.6) is 0 Å². The van der Waals surface area contributed by atoms with Crippen LogP contribution in [-0.2, 0) is 4.79 Å². The normalized spacial score (nSPS) is 32.8. The summed E-state index contributed by atoms with van der Waals surface area (Å²) < 4.78 is 0. The van der Waals surface area contributed by atoms with Crippen LogP contribution in [0.1, 0.15) is 52.9 Å². The number of carbonyl (C=O) groups is 2. The molecule has 6 heteroatoms. The molecule has 2 heterocycles. The van der Waals surface area contributed by atoms with Gasteiger partial charge in [0.15, 0.2) is 0 Å². The van der Waals surface area contributed by atoms with Crippen molar-refractivity contribution >= 4 is 12.0 Å². The molecule has 26 heavy (non-hydrogen) atoms. The van der Waals surface area contributed by atoms with Gasteiger partial charge in [-0.2, -0.15) is 0 Å². The van der Waals surface area contributed by atoms with Crippen molar-refractivity contribution in [1.82, 2.24) is 15.1 Å². The molecular formula is C20H35N3O3. The first kappa shape index (κ1) is 19.5. The molecule has 3 rings (SSSR count). The summed E-state index contributed by atoms with van der Waals surface area (Å²) in [6.45, 7) is 10.7. The van der Waals surface area contributed by atoms with Gasteiger partial charge >= 0.3 is 6.09 Å². The highest BCUT2D eigenvalue weighted by Crippen LogP contribution is 2.56. The maximum absolute atomic E-state index is 12.3. The number of amides is 2. The zero-order valence-corrected chi connectivity index (χ0v) is 16.5. The molecule has 3 fully saturated rings. The summed E-state index contributed by atoms with van der Waals surface area (Å²) in [4.78, 5) is 27.8. The number of likely N-dealkylation sites (tertiary alicyclic amines) is 2. The van der Waals surface area contributed by atoms with Crippen molar-refractivity contribution in [2.24, 2.45) is 23.2 Å². The van der Waals surface area contributed by atoms with E-state index < -0.39 is 6.09 Å². The lowest BCUT2D eigenvalue weighted by Gasteiger charge is -2.58. The Morgan fingerprint density at radius 2 is 1.92 bits per heavy atom. The van der Waals surface area contributed by atoms with E-state index in [9.17, 15) is 14.7 Å². The number of piperidine rings is 1. The second-order valence-electron chi connectivity index (χ2n) is 9.05. The standard InChI is InChI=1S/C20H35N3O3/c1-4-16-17(11-20(16)7-10-23(13-20)19(25)26)22-8-5-15(6-9-22)18(24)21-12-14(2)3/h14-17H,4-13H2,1-3H3,(H,21,24)(H,25,26). The maximum Gasteiger partial charge on any atom is 0.407 e. The van der Waals surface area contributed by atoms with E-state index >= 15 is 0 Å². The largest absolute Gasteiger partial charge is 0.465 e. The molecule has 0 aromatic heterocycles. The minimum Gasteiger partial charge on any atom is -0.465 e. The lowest BCUT2D eigenvalue weighted by Crippen LogP contribution is -2.61. The van der Waals surface area contributed by atoms with Gasteiger partial charge in [-0.05, 0) is 56.0 Å². The highest BCUT2D eigenvalue weighted by molar-refractivity contribution is 5.78. The minimum absolute atomic E-state index is 0.160. The van der Waals surface area contributed by atoms with Crippen LogP contribution >= 0.6 is 0 Å². The third kappa shape index (κ3) is 3.71. The number of nitrogens with zero attached hydrogens (tertiary/aromatic N) is 2. The fourth-order valence-corrected chi connectivity index (χ4v) is 5.52. The van der Waals surface area contributed by atoms with Gasteiger partial charge in [-0.15, -0.1) is 0 Å². The lowest BCUT2D eigenvalue weighted by molar-refractivity contribution is -0.128. The van der Waals surface area contributed by atoms with Crippen molar-refractivity contribution in [3.05, 3.63) is 0 Å². The van der Waals surface area contributed by atoms with Gasteiger partial charge in [-0.1, -0.05) is 27.2 Å². The molecule has 0 aromatic rings. The van der Waals surface area contributed by atoms with Gasteiger partial charge in [0.1, 0.15) is 0 Å². The second-order valence-corrected chi connectivity index (χ2v) is 9.05. The number of hydrogen-bond donors (Lipinski definition) is 2. The molecule has 0 bridgehead atoms. The van der Waals surface area contributed by atoms with Crippen LogP contribution in [0.15, 0.2) is 0 Å². The van der Waals surface area contributed by atoms with Crippen LogP contribution in [0, 0.1) is 23.2 Å². The minimum atomic E-state index is -0.770. The Morgan fingerprint density at radius 1 is 1.23 bits per heavy atom. The first-order chi connectivity index (χ1) is 12.4. The van der Waals surface area contributed by atoms with Gasteiger partial charge in [0.05, 0.1) is 0 Å². The average molecular weight is 366 g/mol. The van der Waals surface area contributed by atoms with Crippen molar-refractivity contribution in [3.63, 3.8) is 0 Å². The van der Waals surface area contributed by atoms with E-state index in [4.69, 9.17) is 0 Å². The predicted molar refractivity (Wildman–Crippen MR) is 101 cm³/mol. The molecule has 2 N–H and O–H groups in total. The SMILES string of the molecule is CCC1C(N2CCC(C(=O)NCC(C)C)CC2)CC12CCN(C(=O)O)C2. The smallest absolute Gasteiger partial charge is 0.407 e. The van der Waals surface area contributed by atoms with Crippen LogP contribution in [0.3, 0.4) is 0 Å². The molecule has 148 valence electrons. The van der Waals surface area contributed by atoms with Crippen LogP contribution in [-0.4, -0.2) is 65.7 Å². The van der Waals surface area contributed by atoms with E-state index in [1.807, 2.05) is 0 Å². The number of carboxylic acid groups (broad SMARTS) is 1. The zero-order chi connectivity index (χ0) is 18.9. The number of carbonyl (C=O) groups excluding carboxylic acids is 1. The number of nitrogens with one attached hydrogen (secondary N) is 1. The van der Waals surface area contributed by atoms with E-state index in [2.05, 4.69) is 31.0 Å². The maximum atomic E-state index is 12.3. The topological polar surface area (TPSA) is 72.9 Å². The molecule has 2 saturated heterocycles. The third-order valence-corrected chi connectivity index (χ3v) is 7.02. The Kier molecular flexibility index (Phi) is 5.80. The summed E-state index contributed by atoms with van der Waals surface area (Å²) in [5, 5.41) is 12.4. The monoisotopic (exact) mass is 365 g/mol. The lowest BCUT2D eigenvalue weighted by atomic mass is 9.54. The average Bonchev–Trinajstić information content (AvgIpc) is 3.06. The van der Waals surface area contributed by atoms with Crippen LogP contribution < -0.4 is 5.32 Å². The second kappa shape index (κ2) is 7.75.